The molecule has 21 heavy (non-hydrogen) atoms. The topological polar surface area (TPSA) is 124 Å². The van der Waals surface area contributed by atoms with Crippen LogP contribution in [-0.2, 0) is 0 Å². The predicted molar refractivity (Wildman–Crippen MR) is 70.0 cm³/mol. The van der Waals surface area contributed by atoms with E-state index >= 15 is 0 Å². The largest absolute Gasteiger partial charge is 0.289 e. The molecule has 0 unspecified atom stereocenters. The molecule has 0 bridgehead atoms. The zero-order chi connectivity index (χ0) is 15.7. The first-order valence-electron chi connectivity index (χ1n) is 6.21. The predicted octanol–water partition coefficient (Wildman–Crippen LogP) is 1.90. The second-order valence-corrected chi connectivity index (χ2v) is 4.52. The fourth-order valence-electron chi connectivity index (χ4n) is 2.15. The number of unbranched alkanes of at least 4 members (excludes halogenated alkanes) is 1. The Labute approximate surface area is 118 Å². The molecule has 0 radical (unpaired) electrons. The quantitative estimate of drug-likeness (QED) is 0.464. The number of nitro benzene ring substituents is 2. The highest BCUT2D eigenvalue weighted by Gasteiger charge is 2.42. The monoisotopic (exact) mass is 293 g/mol. The molecule has 0 N–H and O–H groups in total. The minimum absolute atomic E-state index is 0.133. The molecule has 0 fully saturated rings. The smallest absolute Gasteiger partial charge is 0.274 e. The van der Waals surface area contributed by atoms with Gasteiger partial charge in [0.15, 0.2) is 0 Å². The number of benzene rings is 1. The van der Waals surface area contributed by atoms with E-state index in [2.05, 4.69) is 0 Å². The molecular weight excluding hydrogens is 282 g/mol. The number of imide groups is 1. The van der Waals surface area contributed by atoms with E-state index in [1.54, 1.807) is 0 Å². The third kappa shape index (κ3) is 2.33. The van der Waals surface area contributed by atoms with Crippen LogP contribution in [0.3, 0.4) is 0 Å². The lowest BCUT2D eigenvalue weighted by molar-refractivity contribution is -0.394. The molecule has 1 aromatic rings. The maximum Gasteiger partial charge on any atom is 0.289 e. The van der Waals surface area contributed by atoms with Crippen molar-refractivity contribution in [2.75, 3.05) is 6.54 Å². The first-order chi connectivity index (χ1) is 9.88. The lowest BCUT2D eigenvalue weighted by Gasteiger charge is -2.12. The Bertz CT molecular complexity index is 669. The summed E-state index contributed by atoms with van der Waals surface area (Å²) in [6.07, 6.45) is 1.29. The summed E-state index contributed by atoms with van der Waals surface area (Å²) in [6.45, 7) is 2.00. The minimum atomic E-state index is -0.889. The molecule has 0 aromatic heterocycles. The standard InChI is InChI=1S/C12H11N3O6/c1-2-3-4-13-11(16)8-5-7(14(18)19)6-9(15(20)21)10(8)12(13)17/h5-6H,2-4H2,1H3. The molecule has 2 rings (SSSR count). The highest BCUT2D eigenvalue weighted by atomic mass is 16.6. The summed E-state index contributed by atoms with van der Waals surface area (Å²) in [7, 11) is 0. The van der Waals surface area contributed by atoms with Crippen molar-refractivity contribution in [1.29, 1.82) is 0 Å². The van der Waals surface area contributed by atoms with Crippen LogP contribution in [0, 0.1) is 20.2 Å². The molecule has 0 aliphatic carbocycles. The maximum atomic E-state index is 12.2. The Kier molecular flexibility index (Phi) is 3.66. The van der Waals surface area contributed by atoms with E-state index in [1.165, 1.54) is 0 Å². The van der Waals surface area contributed by atoms with Crippen LogP contribution >= 0.6 is 0 Å². The zero-order valence-corrected chi connectivity index (χ0v) is 11.1. The Morgan fingerprint density at radius 1 is 1.10 bits per heavy atom. The molecule has 0 spiro atoms. The normalized spacial score (nSPS) is 13.5. The number of carbonyl (C=O) groups is 2. The van der Waals surface area contributed by atoms with Crippen LogP contribution in [-0.4, -0.2) is 33.1 Å². The summed E-state index contributed by atoms with van der Waals surface area (Å²) < 4.78 is 0. The lowest BCUT2D eigenvalue weighted by atomic mass is 10.1. The lowest BCUT2D eigenvalue weighted by Crippen LogP contribution is -2.30. The van der Waals surface area contributed by atoms with E-state index in [4.69, 9.17) is 0 Å². The van der Waals surface area contributed by atoms with Crippen molar-refractivity contribution in [2.24, 2.45) is 0 Å². The van der Waals surface area contributed by atoms with Crippen LogP contribution in [0.15, 0.2) is 12.1 Å². The van der Waals surface area contributed by atoms with Gasteiger partial charge in [0.25, 0.3) is 23.2 Å². The van der Waals surface area contributed by atoms with Gasteiger partial charge in [0.2, 0.25) is 0 Å². The molecule has 0 saturated carbocycles. The highest BCUT2D eigenvalue weighted by Crippen LogP contribution is 2.34. The first-order valence-corrected chi connectivity index (χ1v) is 6.21. The number of nitrogens with zero attached hydrogens (tertiary/aromatic N) is 3. The summed E-state index contributed by atoms with van der Waals surface area (Å²) in [4.78, 5) is 45.2. The van der Waals surface area contributed by atoms with Crippen molar-refractivity contribution in [3.63, 3.8) is 0 Å². The van der Waals surface area contributed by atoms with E-state index in [1.807, 2.05) is 6.92 Å². The molecule has 1 aliphatic rings. The molecule has 0 saturated heterocycles. The van der Waals surface area contributed by atoms with Gasteiger partial charge in [-0.3, -0.25) is 34.7 Å². The fraction of sp³-hybridized carbons (Fsp3) is 0.333. The number of hydrogen-bond acceptors (Lipinski definition) is 6. The summed E-state index contributed by atoms with van der Waals surface area (Å²) >= 11 is 0. The number of nitro groups is 2. The summed E-state index contributed by atoms with van der Waals surface area (Å²) in [5, 5.41) is 21.8. The number of amides is 2. The Morgan fingerprint density at radius 3 is 2.29 bits per heavy atom. The van der Waals surface area contributed by atoms with Crippen LogP contribution in [0.4, 0.5) is 11.4 Å². The van der Waals surface area contributed by atoms with Gasteiger partial charge in [-0.05, 0) is 6.42 Å². The second kappa shape index (κ2) is 5.27. The van der Waals surface area contributed by atoms with Crippen molar-refractivity contribution in [1.82, 2.24) is 4.90 Å². The number of rotatable bonds is 5. The van der Waals surface area contributed by atoms with E-state index < -0.39 is 33.0 Å². The third-order valence-corrected chi connectivity index (χ3v) is 3.18. The average Bonchev–Trinajstić information content (AvgIpc) is 2.68. The van der Waals surface area contributed by atoms with Crippen LogP contribution in [0.5, 0.6) is 0 Å². The van der Waals surface area contributed by atoms with Gasteiger partial charge in [0.05, 0.1) is 21.5 Å². The van der Waals surface area contributed by atoms with E-state index in [9.17, 15) is 29.8 Å². The molecule has 1 heterocycles. The van der Waals surface area contributed by atoms with Crippen molar-refractivity contribution < 1.29 is 19.4 Å². The number of fused-ring (bicyclic) bond motifs is 1. The van der Waals surface area contributed by atoms with Gasteiger partial charge < -0.3 is 0 Å². The Hall–Kier alpha value is -2.84. The molecule has 1 aromatic carbocycles. The zero-order valence-electron chi connectivity index (χ0n) is 11.1. The Balaban J connectivity index is 2.59. The maximum absolute atomic E-state index is 12.2. The molecule has 2 amide bonds. The number of hydrogen-bond donors (Lipinski definition) is 0. The van der Waals surface area contributed by atoms with Gasteiger partial charge in [-0.15, -0.1) is 0 Å². The van der Waals surface area contributed by atoms with E-state index in [0.29, 0.717) is 12.5 Å². The second-order valence-electron chi connectivity index (χ2n) is 4.52. The average molecular weight is 293 g/mol. The van der Waals surface area contributed by atoms with Gasteiger partial charge in [-0.25, -0.2) is 0 Å². The molecular formula is C12H11N3O6. The highest BCUT2D eigenvalue weighted by molar-refractivity contribution is 6.23. The number of non-ortho nitro benzene ring substituents is 1. The van der Waals surface area contributed by atoms with Crippen LogP contribution in [0.2, 0.25) is 0 Å². The van der Waals surface area contributed by atoms with E-state index in [-0.39, 0.29) is 17.7 Å². The minimum Gasteiger partial charge on any atom is -0.274 e. The molecule has 110 valence electrons. The van der Waals surface area contributed by atoms with Crippen molar-refractivity contribution >= 4 is 23.2 Å². The summed E-state index contributed by atoms with van der Waals surface area (Å²) in [5.41, 5.74) is -1.95. The number of carbonyl (C=O) groups excluding carboxylic acids is 2. The van der Waals surface area contributed by atoms with Gasteiger partial charge in [0, 0.05) is 12.6 Å². The van der Waals surface area contributed by atoms with E-state index in [0.717, 1.165) is 17.4 Å². The van der Waals surface area contributed by atoms with Gasteiger partial charge >= 0.3 is 0 Å². The van der Waals surface area contributed by atoms with Gasteiger partial charge in [-0.1, -0.05) is 13.3 Å². The van der Waals surface area contributed by atoms with Gasteiger partial charge in [-0.2, -0.15) is 0 Å². The van der Waals surface area contributed by atoms with Crippen molar-refractivity contribution in [2.45, 2.75) is 19.8 Å². The van der Waals surface area contributed by atoms with Crippen molar-refractivity contribution in [3.05, 3.63) is 43.5 Å². The third-order valence-electron chi connectivity index (χ3n) is 3.18. The van der Waals surface area contributed by atoms with Crippen LogP contribution in [0.25, 0.3) is 0 Å². The van der Waals surface area contributed by atoms with Crippen molar-refractivity contribution in [3.8, 4) is 0 Å². The van der Waals surface area contributed by atoms with Gasteiger partial charge in [0.1, 0.15) is 5.56 Å². The Morgan fingerprint density at radius 2 is 1.76 bits per heavy atom. The fourth-order valence-corrected chi connectivity index (χ4v) is 2.15. The molecule has 1 aliphatic heterocycles. The molecule has 0 atom stereocenters. The summed E-state index contributed by atoms with van der Waals surface area (Å²) in [6, 6.07) is 1.61. The summed E-state index contributed by atoms with van der Waals surface area (Å²) in [5.74, 6) is -1.50. The molecule has 9 heteroatoms. The van der Waals surface area contributed by atoms with Crippen LogP contribution in [0.1, 0.15) is 40.5 Å². The molecule has 9 nitrogen and oxygen atoms in total. The van der Waals surface area contributed by atoms with Crippen LogP contribution < -0.4 is 0 Å². The first kappa shape index (κ1) is 14.6. The SMILES string of the molecule is CCCCN1C(=O)c2cc([N+](=O)[O-])cc([N+](=O)[O-])c2C1=O.